The minimum atomic E-state index is -1.13. The number of ether oxygens (including phenoxy) is 1. The molecule has 1 N–H and O–H groups in total. The molecule has 1 aromatic rings. The van der Waals surface area contributed by atoms with Crippen molar-refractivity contribution in [1.29, 1.82) is 0 Å². The summed E-state index contributed by atoms with van der Waals surface area (Å²) in [7, 11) is 0. The molecule has 0 spiro atoms. The van der Waals surface area contributed by atoms with Gasteiger partial charge in [0, 0.05) is 13.2 Å². The number of hydrogen-bond acceptors (Lipinski definition) is 2. The van der Waals surface area contributed by atoms with E-state index in [0.29, 0.717) is 19.1 Å². The highest BCUT2D eigenvalue weighted by atomic mass is 19.2. The molecule has 0 radical (unpaired) electrons. The number of amides is 1. The predicted octanol–water partition coefficient (Wildman–Crippen LogP) is 2.37. The molecule has 100 valence electrons. The Morgan fingerprint density at radius 1 is 1.39 bits per heavy atom. The second-order valence-corrected chi connectivity index (χ2v) is 4.33. The van der Waals surface area contributed by atoms with Gasteiger partial charge in [-0.2, -0.15) is 0 Å². The zero-order valence-electron chi connectivity index (χ0n) is 10.5. The Balaban J connectivity index is 2.39. The van der Waals surface area contributed by atoms with Crippen molar-refractivity contribution >= 4 is 5.91 Å². The quantitative estimate of drug-likeness (QED) is 0.794. The fraction of sp³-hybridized carbons (Fsp3) is 0.462. The summed E-state index contributed by atoms with van der Waals surface area (Å²) in [5, 5.41) is 2.47. The summed E-state index contributed by atoms with van der Waals surface area (Å²) in [4.78, 5) is 11.5. The van der Waals surface area contributed by atoms with Gasteiger partial charge in [0.2, 0.25) is 0 Å². The van der Waals surface area contributed by atoms with Crippen LogP contribution in [0.3, 0.4) is 0 Å². The van der Waals surface area contributed by atoms with Crippen molar-refractivity contribution < 1.29 is 18.3 Å². The van der Waals surface area contributed by atoms with E-state index < -0.39 is 17.5 Å². The first-order chi connectivity index (χ1) is 8.52. The van der Waals surface area contributed by atoms with Crippen molar-refractivity contribution in [3.8, 4) is 0 Å². The monoisotopic (exact) mass is 257 g/mol. The lowest BCUT2D eigenvalue weighted by molar-refractivity contribution is 0.0882. The highest BCUT2D eigenvalue weighted by molar-refractivity contribution is 5.94. The molecule has 0 aromatic heterocycles. The Kier molecular flexibility index (Phi) is 5.71. The lowest BCUT2D eigenvalue weighted by Crippen LogP contribution is -2.28. The zero-order valence-corrected chi connectivity index (χ0v) is 10.5. The van der Waals surface area contributed by atoms with E-state index in [9.17, 15) is 13.6 Å². The van der Waals surface area contributed by atoms with E-state index in [-0.39, 0.29) is 12.1 Å². The van der Waals surface area contributed by atoms with Gasteiger partial charge in [0.05, 0.1) is 12.2 Å². The molecule has 0 aliphatic carbocycles. The van der Waals surface area contributed by atoms with Gasteiger partial charge in [-0.1, -0.05) is 19.9 Å². The molecule has 0 heterocycles. The van der Waals surface area contributed by atoms with Gasteiger partial charge in [-0.15, -0.1) is 0 Å². The summed E-state index contributed by atoms with van der Waals surface area (Å²) in [6.07, 6.45) is 0. The molecule has 1 rings (SSSR count). The van der Waals surface area contributed by atoms with Crippen molar-refractivity contribution in [3.63, 3.8) is 0 Å². The van der Waals surface area contributed by atoms with Crippen LogP contribution in [0.2, 0.25) is 0 Å². The lowest BCUT2D eigenvalue weighted by Gasteiger charge is -2.08. The van der Waals surface area contributed by atoms with Crippen LogP contribution in [0.4, 0.5) is 8.78 Å². The fourth-order valence-electron chi connectivity index (χ4n) is 1.33. The largest absolute Gasteiger partial charge is 0.379 e. The van der Waals surface area contributed by atoms with Gasteiger partial charge in [-0.25, -0.2) is 8.78 Å². The minimum Gasteiger partial charge on any atom is -0.379 e. The third kappa shape index (κ3) is 4.41. The summed E-state index contributed by atoms with van der Waals surface area (Å²) >= 11 is 0. The molecule has 0 saturated carbocycles. The maximum Gasteiger partial charge on any atom is 0.254 e. The predicted molar refractivity (Wildman–Crippen MR) is 64.3 cm³/mol. The Bertz CT molecular complexity index is 408. The number of rotatable bonds is 6. The van der Waals surface area contributed by atoms with Crippen LogP contribution in [0, 0.1) is 17.6 Å². The molecule has 3 nitrogen and oxygen atoms in total. The van der Waals surface area contributed by atoms with Crippen LogP contribution in [0.15, 0.2) is 18.2 Å². The number of nitrogens with one attached hydrogen (secondary N) is 1. The van der Waals surface area contributed by atoms with E-state index in [1.165, 1.54) is 12.1 Å². The molecule has 0 aliphatic rings. The lowest BCUT2D eigenvalue weighted by atomic mass is 10.2. The van der Waals surface area contributed by atoms with Crippen LogP contribution in [-0.2, 0) is 4.74 Å². The van der Waals surface area contributed by atoms with E-state index in [4.69, 9.17) is 4.74 Å². The van der Waals surface area contributed by atoms with Crippen LogP contribution in [-0.4, -0.2) is 25.7 Å². The number of carbonyl (C=O) groups is 1. The summed E-state index contributed by atoms with van der Waals surface area (Å²) in [5.74, 6) is -2.38. The molecular weight excluding hydrogens is 240 g/mol. The first kappa shape index (κ1) is 14.6. The van der Waals surface area contributed by atoms with Gasteiger partial charge >= 0.3 is 0 Å². The second kappa shape index (κ2) is 7.06. The number of hydrogen-bond donors (Lipinski definition) is 1. The van der Waals surface area contributed by atoms with E-state index in [0.717, 1.165) is 6.07 Å². The van der Waals surface area contributed by atoms with Crippen LogP contribution < -0.4 is 5.32 Å². The second-order valence-electron chi connectivity index (χ2n) is 4.33. The molecule has 0 fully saturated rings. The minimum absolute atomic E-state index is 0.265. The Morgan fingerprint density at radius 3 is 2.78 bits per heavy atom. The highest BCUT2D eigenvalue weighted by Crippen LogP contribution is 2.10. The van der Waals surface area contributed by atoms with Gasteiger partial charge < -0.3 is 10.1 Å². The van der Waals surface area contributed by atoms with Crippen molar-refractivity contribution in [2.75, 3.05) is 19.8 Å². The van der Waals surface area contributed by atoms with E-state index in [1.807, 2.05) is 13.8 Å². The molecule has 0 aliphatic heterocycles. The molecule has 5 heteroatoms. The molecule has 0 unspecified atom stereocenters. The van der Waals surface area contributed by atoms with Gasteiger partial charge in [0.1, 0.15) is 0 Å². The molecule has 18 heavy (non-hydrogen) atoms. The number of halogens is 2. The Labute approximate surface area is 105 Å². The van der Waals surface area contributed by atoms with Crippen molar-refractivity contribution in [1.82, 2.24) is 5.32 Å². The summed E-state index contributed by atoms with van der Waals surface area (Å²) in [5.41, 5.74) is -0.293. The van der Waals surface area contributed by atoms with Gasteiger partial charge in [0.25, 0.3) is 5.91 Å². The fourth-order valence-corrected chi connectivity index (χ4v) is 1.33. The first-order valence-electron chi connectivity index (χ1n) is 5.82. The number of benzene rings is 1. The van der Waals surface area contributed by atoms with Crippen molar-refractivity contribution in [2.24, 2.45) is 5.92 Å². The Morgan fingerprint density at radius 2 is 2.11 bits per heavy atom. The maximum absolute atomic E-state index is 13.3. The smallest absolute Gasteiger partial charge is 0.254 e. The summed E-state index contributed by atoms with van der Waals surface area (Å²) in [6, 6.07) is 3.50. The topological polar surface area (TPSA) is 38.3 Å². The normalized spacial score (nSPS) is 10.7. The molecule has 0 atom stereocenters. The molecular formula is C13H17F2NO2. The van der Waals surface area contributed by atoms with Crippen LogP contribution >= 0.6 is 0 Å². The van der Waals surface area contributed by atoms with E-state index in [2.05, 4.69) is 5.32 Å². The van der Waals surface area contributed by atoms with Crippen molar-refractivity contribution in [2.45, 2.75) is 13.8 Å². The van der Waals surface area contributed by atoms with Gasteiger partial charge in [0.15, 0.2) is 11.6 Å². The average Bonchev–Trinajstić information content (AvgIpc) is 2.31. The first-order valence-corrected chi connectivity index (χ1v) is 5.82. The molecule has 1 aromatic carbocycles. The Hall–Kier alpha value is -1.49. The summed E-state index contributed by atoms with van der Waals surface area (Å²) in [6.45, 7) is 5.24. The van der Waals surface area contributed by atoms with Gasteiger partial charge in [-0.05, 0) is 18.1 Å². The number of carbonyl (C=O) groups excluding carboxylic acids is 1. The molecule has 0 bridgehead atoms. The van der Waals surface area contributed by atoms with E-state index >= 15 is 0 Å². The van der Waals surface area contributed by atoms with E-state index in [1.54, 1.807) is 0 Å². The third-order valence-electron chi connectivity index (χ3n) is 2.18. The SMILES string of the molecule is CC(C)COCCNC(=O)c1cccc(F)c1F. The zero-order chi connectivity index (χ0) is 13.5. The highest BCUT2D eigenvalue weighted by Gasteiger charge is 2.14. The van der Waals surface area contributed by atoms with Crippen molar-refractivity contribution in [3.05, 3.63) is 35.4 Å². The standard InChI is InChI=1S/C13H17F2NO2/c1-9(2)8-18-7-6-16-13(17)10-4-3-5-11(14)12(10)15/h3-5,9H,6-8H2,1-2H3,(H,16,17). The third-order valence-corrected chi connectivity index (χ3v) is 2.18. The van der Waals surface area contributed by atoms with Crippen LogP contribution in [0.1, 0.15) is 24.2 Å². The van der Waals surface area contributed by atoms with Crippen LogP contribution in [0.25, 0.3) is 0 Å². The molecule has 1 amide bonds. The van der Waals surface area contributed by atoms with Gasteiger partial charge in [-0.3, -0.25) is 4.79 Å². The maximum atomic E-state index is 13.3. The summed E-state index contributed by atoms with van der Waals surface area (Å²) < 4.78 is 31.4. The van der Waals surface area contributed by atoms with Crippen LogP contribution in [0.5, 0.6) is 0 Å². The average molecular weight is 257 g/mol. The molecule has 0 saturated heterocycles.